The molecule has 1 radical (unpaired) electrons. The van der Waals surface area contributed by atoms with Crippen molar-refractivity contribution >= 4 is 68.1 Å². The van der Waals surface area contributed by atoms with Crippen LogP contribution in [0.2, 0.25) is 0 Å². The molecule has 0 aliphatic heterocycles. The van der Waals surface area contributed by atoms with E-state index in [1.165, 1.54) is 22.3 Å². The molecule has 1 aliphatic rings. The van der Waals surface area contributed by atoms with E-state index < -0.39 is 31.0 Å². The normalized spacial score (nSPS) is 12.2. The molecular formula is C13H9Cl8Zr2. The summed E-state index contributed by atoms with van der Waals surface area (Å²) in [5.74, 6) is 0. The first kappa shape index (κ1) is 23.6. The molecule has 0 saturated heterocycles. The zero-order chi connectivity index (χ0) is 17.7. The van der Waals surface area contributed by atoms with Crippen LogP contribution in [0.4, 0.5) is 0 Å². The Morgan fingerprint density at radius 3 is 1.04 bits per heavy atom. The number of hydrogen-bond donors (Lipinski definition) is 0. The minimum absolute atomic E-state index is 1.34. The number of rotatable bonds is 0. The summed E-state index contributed by atoms with van der Waals surface area (Å²) in [4.78, 5) is 0. The van der Waals surface area contributed by atoms with E-state index in [0.29, 0.717) is 0 Å². The summed E-state index contributed by atoms with van der Waals surface area (Å²) < 4.78 is 0. The molecule has 0 heterocycles. The Bertz CT molecular complexity index is 569. The van der Waals surface area contributed by atoms with Crippen LogP contribution in [0, 0.1) is 6.42 Å². The van der Waals surface area contributed by atoms with Crippen molar-refractivity contribution in [1.29, 1.82) is 0 Å². The van der Waals surface area contributed by atoms with E-state index in [-0.39, 0.29) is 0 Å². The molecule has 0 nitrogen and oxygen atoms in total. The van der Waals surface area contributed by atoms with Crippen LogP contribution in [-0.2, 0) is 31.0 Å². The molecule has 0 fully saturated rings. The third kappa shape index (κ3) is 11.8. The summed E-state index contributed by atoms with van der Waals surface area (Å²) in [6, 6.07) is 17.0. The molecule has 0 aromatic heterocycles. The fourth-order valence-corrected chi connectivity index (χ4v) is 1.90. The predicted octanol–water partition coefficient (Wildman–Crippen LogP) is 8.78. The second kappa shape index (κ2) is 10.8. The van der Waals surface area contributed by atoms with Crippen LogP contribution in [0.25, 0.3) is 11.1 Å². The average Bonchev–Trinajstić information content (AvgIpc) is 2.73. The van der Waals surface area contributed by atoms with Crippen molar-refractivity contribution in [3.05, 3.63) is 66.1 Å². The Hall–Kier alpha value is 2.53. The number of halogens is 8. The molecule has 10 heteroatoms. The molecule has 0 bridgehead atoms. The molecule has 0 N–H and O–H groups in total. The number of fused-ring (bicyclic) bond motifs is 3. The van der Waals surface area contributed by atoms with E-state index in [1.54, 1.807) is 0 Å². The summed E-state index contributed by atoms with van der Waals surface area (Å²) in [6.45, 7) is 0. The van der Waals surface area contributed by atoms with Gasteiger partial charge in [-0.1, -0.05) is 48.5 Å². The Labute approximate surface area is 173 Å². The fraction of sp³-hybridized carbons (Fsp3) is 0. The van der Waals surface area contributed by atoms with Gasteiger partial charge in [0.05, 0.1) is 0 Å². The third-order valence-electron chi connectivity index (χ3n) is 2.52. The first-order valence-electron chi connectivity index (χ1n) is 5.99. The van der Waals surface area contributed by atoms with Crippen molar-refractivity contribution in [2.75, 3.05) is 0 Å². The summed E-state index contributed by atoms with van der Waals surface area (Å²) in [7, 11) is 40.3. The Morgan fingerprint density at radius 2 is 0.739 bits per heavy atom. The van der Waals surface area contributed by atoms with Gasteiger partial charge >= 0.3 is 99.1 Å². The first-order valence-corrected chi connectivity index (χ1v) is 31.3. The Morgan fingerprint density at radius 1 is 0.478 bits per heavy atom. The van der Waals surface area contributed by atoms with Crippen LogP contribution in [0.3, 0.4) is 0 Å². The molecular weight excluding hydrogens is 622 g/mol. The Kier molecular flexibility index (Phi) is 11.0. The summed E-state index contributed by atoms with van der Waals surface area (Å²) in [5.41, 5.74) is 5.39. The zero-order valence-electron chi connectivity index (χ0n) is 11.2. The van der Waals surface area contributed by atoms with Crippen LogP contribution >= 0.6 is 68.1 Å². The van der Waals surface area contributed by atoms with Crippen LogP contribution in [-0.4, -0.2) is 0 Å². The van der Waals surface area contributed by atoms with E-state index in [1.807, 2.05) is 0 Å². The van der Waals surface area contributed by atoms with Gasteiger partial charge in [0.2, 0.25) is 0 Å². The van der Waals surface area contributed by atoms with E-state index in [4.69, 9.17) is 68.1 Å². The molecule has 0 unspecified atom stereocenters. The van der Waals surface area contributed by atoms with Gasteiger partial charge in [-0.3, -0.25) is 0 Å². The van der Waals surface area contributed by atoms with Crippen molar-refractivity contribution in [1.82, 2.24) is 0 Å². The van der Waals surface area contributed by atoms with Gasteiger partial charge in [0.15, 0.2) is 0 Å². The van der Waals surface area contributed by atoms with Crippen molar-refractivity contribution in [2.45, 2.75) is 0 Å². The van der Waals surface area contributed by atoms with Crippen molar-refractivity contribution in [3.63, 3.8) is 0 Å². The maximum atomic E-state index is 5.04. The van der Waals surface area contributed by atoms with Crippen molar-refractivity contribution < 1.29 is 31.0 Å². The molecule has 0 amide bonds. The molecule has 0 spiro atoms. The van der Waals surface area contributed by atoms with Crippen molar-refractivity contribution in [3.8, 4) is 11.1 Å². The van der Waals surface area contributed by atoms with Gasteiger partial charge in [-0.25, -0.2) is 0 Å². The van der Waals surface area contributed by atoms with Crippen molar-refractivity contribution in [2.24, 2.45) is 0 Å². The van der Waals surface area contributed by atoms with E-state index >= 15 is 0 Å². The van der Waals surface area contributed by atoms with Gasteiger partial charge in [0.1, 0.15) is 0 Å². The Balaban J connectivity index is 0.000000224. The standard InChI is InChI=1S/C13H9.8ClH.2Zr/c1-3-7-12-10(5-1)9-11-6-2-4-8-13(11)12;;;;;;;;;;/h1-9H;8*1H;;/q;;;;;;;;;2*+4/p-8. The second-order valence-corrected chi connectivity index (χ2v) is 49.0. The van der Waals surface area contributed by atoms with Gasteiger partial charge in [0, 0.05) is 6.42 Å². The molecule has 125 valence electrons. The number of hydrogen-bond acceptors (Lipinski definition) is 0. The van der Waals surface area contributed by atoms with Gasteiger partial charge in [-0.2, -0.15) is 0 Å². The molecule has 0 atom stereocenters. The predicted molar refractivity (Wildman–Crippen MR) is 101 cm³/mol. The van der Waals surface area contributed by atoms with E-state index in [2.05, 4.69) is 55.0 Å². The van der Waals surface area contributed by atoms with Gasteiger partial charge < -0.3 is 0 Å². The average molecular weight is 631 g/mol. The second-order valence-electron chi connectivity index (χ2n) is 4.18. The molecule has 2 aromatic carbocycles. The van der Waals surface area contributed by atoms with Crippen LogP contribution in [0.15, 0.2) is 48.5 Å². The van der Waals surface area contributed by atoms with E-state index in [9.17, 15) is 0 Å². The molecule has 2 aromatic rings. The van der Waals surface area contributed by atoms with Gasteiger partial charge in [0.25, 0.3) is 0 Å². The SMILES string of the molecule is [CH]1c2ccccc2-c2ccccc21.[Cl][Zr]([Cl])([Cl])[Cl].[Cl][Zr]([Cl])([Cl])[Cl]. The topological polar surface area (TPSA) is 0 Å². The maximum absolute atomic E-state index is 5.04. The van der Waals surface area contributed by atoms with Crippen LogP contribution in [0.1, 0.15) is 11.1 Å². The summed E-state index contributed by atoms with van der Waals surface area (Å²) in [6.07, 6.45) is 2.24. The van der Waals surface area contributed by atoms with Crippen LogP contribution < -0.4 is 0 Å². The van der Waals surface area contributed by atoms with Gasteiger partial charge in [-0.15, -0.1) is 0 Å². The van der Waals surface area contributed by atoms with Gasteiger partial charge in [-0.05, 0) is 22.3 Å². The quantitative estimate of drug-likeness (QED) is 0.233. The first-order chi connectivity index (χ1) is 10.4. The monoisotopic (exact) mass is 625 g/mol. The third-order valence-corrected chi connectivity index (χ3v) is 2.52. The molecule has 1 aliphatic carbocycles. The molecule has 23 heavy (non-hydrogen) atoms. The number of benzene rings is 2. The molecule has 0 saturated carbocycles. The summed E-state index contributed by atoms with van der Waals surface area (Å²) >= 11 is -6.58. The van der Waals surface area contributed by atoms with E-state index in [0.717, 1.165) is 0 Å². The summed E-state index contributed by atoms with van der Waals surface area (Å²) in [5, 5.41) is 0. The molecule has 3 rings (SSSR count). The minimum atomic E-state index is -3.29. The zero-order valence-corrected chi connectivity index (χ0v) is 22.2. The van der Waals surface area contributed by atoms with Crippen LogP contribution in [0.5, 0.6) is 0 Å². The fourth-order valence-electron chi connectivity index (χ4n) is 1.90.